The zero-order valence-corrected chi connectivity index (χ0v) is 12.1. The summed E-state index contributed by atoms with van der Waals surface area (Å²) in [5.74, 6) is 0. The van der Waals surface area contributed by atoms with Crippen LogP contribution in [0, 0.1) is 0 Å². The molecule has 1 fully saturated rings. The molecule has 0 aromatic carbocycles. The molecule has 3 heterocycles. The first-order valence-corrected chi connectivity index (χ1v) is 7.54. The second-order valence-electron chi connectivity index (χ2n) is 4.66. The summed E-state index contributed by atoms with van der Waals surface area (Å²) in [5, 5.41) is 4.23. The van der Waals surface area contributed by atoms with Crippen molar-refractivity contribution in [1.82, 2.24) is 14.7 Å². The smallest absolute Gasteiger partial charge is 0.0931 e. The van der Waals surface area contributed by atoms with E-state index in [1.54, 1.807) is 17.5 Å². The average Bonchev–Trinajstić information content (AvgIpc) is 3.02. The number of rotatable bonds is 4. The lowest BCUT2D eigenvalue weighted by Gasteiger charge is -2.32. The first-order valence-electron chi connectivity index (χ1n) is 6.35. The van der Waals surface area contributed by atoms with Gasteiger partial charge in [0.05, 0.1) is 23.6 Å². The van der Waals surface area contributed by atoms with Gasteiger partial charge in [-0.15, -0.1) is 11.3 Å². The van der Waals surface area contributed by atoms with Gasteiger partial charge in [0.2, 0.25) is 0 Å². The second kappa shape index (κ2) is 6.05. The summed E-state index contributed by atoms with van der Waals surface area (Å²) in [4.78, 5) is 3.73. The zero-order valence-electron chi connectivity index (χ0n) is 10.5. The van der Waals surface area contributed by atoms with Gasteiger partial charge in [0.15, 0.2) is 0 Å². The number of halogens is 1. The Balaban J connectivity index is 1.55. The SMILES string of the molecule is Clc1ccc(CN2CCOC(Cn3cccn3)C2)s1. The predicted molar refractivity (Wildman–Crippen MR) is 76.6 cm³/mol. The quantitative estimate of drug-likeness (QED) is 0.868. The van der Waals surface area contributed by atoms with Gasteiger partial charge in [-0.05, 0) is 18.2 Å². The minimum atomic E-state index is 0.212. The molecule has 0 bridgehead atoms. The van der Waals surface area contributed by atoms with Crippen LogP contribution in [0.5, 0.6) is 0 Å². The standard InChI is InChI=1S/C13H16ClN3OS/c14-13-3-2-12(19-13)10-16-6-7-18-11(8-16)9-17-5-1-4-15-17/h1-5,11H,6-10H2. The average molecular weight is 298 g/mol. The third-order valence-corrected chi connectivity index (χ3v) is 4.40. The molecule has 102 valence electrons. The Bertz CT molecular complexity index is 514. The van der Waals surface area contributed by atoms with Crippen LogP contribution < -0.4 is 0 Å². The molecular formula is C13H16ClN3OS. The van der Waals surface area contributed by atoms with E-state index in [1.165, 1.54) is 4.88 Å². The van der Waals surface area contributed by atoms with Crippen LogP contribution in [0.1, 0.15) is 4.88 Å². The van der Waals surface area contributed by atoms with Crippen LogP contribution >= 0.6 is 22.9 Å². The minimum Gasteiger partial charge on any atom is -0.374 e. The Morgan fingerprint density at radius 1 is 1.47 bits per heavy atom. The summed E-state index contributed by atoms with van der Waals surface area (Å²) in [6.45, 7) is 4.47. The van der Waals surface area contributed by atoms with Crippen LogP contribution in [0.3, 0.4) is 0 Å². The first kappa shape index (κ1) is 13.1. The number of nitrogens with zero attached hydrogens (tertiary/aromatic N) is 3. The molecule has 1 atom stereocenters. The van der Waals surface area contributed by atoms with E-state index in [0.29, 0.717) is 0 Å². The minimum absolute atomic E-state index is 0.212. The highest BCUT2D eigenvalue weighted by Gasteiger charge is 2.21. The van der Waals surface area contributed by atoms with Crippen molar-refractivity contribution in [2.75, 3.05) is 19.7 Å². The molecule has 4 nitrogen and oxygen atoms in total. The highest BCUT2D eigenvalue weighted by molar-refractivity contribution is 7.16. The van der Waals surface area contributed by atoms with E-state index in [2.05, 4.69) is 16.1 Å². The van der Waals surface area contributed by atoms with Gasteiger partial charge in [-0.1, -0.05) is 11.6 Å². The van der Waals surface area contributed by atoms with Crippen molar-refractivity contribution in [3.05, 3.63) is 39.8 Å². The molecule has 3 rings (SSSR count). The highest BCUT2D eigenvalue weighted by Crippen LogP contribution is 2.23. The number of thiophene rings is 1. The lowest BCUT2D eigenvalue weighted by molar-refractivity contribution is -0.0399. The monoisotopic (exact) mass is 297 g/mol. The number of hydrogen-bond acceptors (Lipinski definition) is 4. The summed E-state index contributed by atoms with van der Waals surface area (Å²) in [6, 6.07) is 6.00. The van der Waals surface area contributed by atoms with Gasteiger partial charge in [-0.25, -0.2) is 0 Å². The molecule has 0 aliphatic carbocycles. The van der Waals surface area contributed by atoms with Gasteiger partial charge in [0.1, 0.15) is 0 Å². The van der Waals surface area contributed by atoms with Crippen molar-refractivity contribution in [2.45, 2.75) is 19.2 Å². The maximum atomic E-state index is 5.97. The lowest BCUT2D eigenvalue weighted by atomic mass is 10.2. The van der Waals surface area contributed by atoms with E-state index < -0.39 is 0 Å². The van der Waals surface area contributed by atoms with Crippen LogP contribution in [0.2, 0.25) is 4.34 Å². The van der Waals surface area contributed by atoms with E-state index in [9.17, 15) is 0 Å². The molecule has 2 aromatic rings. The Kier molecular flexibility index (Phi) is 4.18. The maximum Gasteiger partial charge on any atom is 0.0931 e. The molecule has 1 unspecified atom stereocenters. The molecule has 2 aromatic heterocycles. The summed E-state index contributed by atoms with van der Waals surface area (Å²) in [6.07, 6.45) is 3.99. The van der Waals surface area contributed by atoms with Crippen molar-refractivity contribution < 1.29 is 4.74 Å². The molecule has 0 radical (unpaired) electrons. The molecule has 0 saturated carbocycles. The Morgan fingerprint density at radius 3 is 3.16 bits per heavy atom. The van der Waals surface area contributed by atoms with Gasteiger partial charge in [-0.3, -0.25) is 9.58 Å². The van der Waals surface area contributed by atoms with Crippen molar-refractivity contribution in [1.29, 1.82) is 0 Å². The second-order valence-corrected chi connectivity index (χ2v) is 6.46. The van der Waals surface area contributed by atoms with Crippen molar-refractivity contribution in [2.24, 2.45) is 0 Å². The summed E-state index contributed by atoms with van der Waals surface area (Å²) in [5.41, 5.74) is 0. The van der Waals surface area contributed by atoms with Crippen LogP contribution in [-0.4, -0.2) is 40.5 Å². The molecule has 1 saturated heterocycles. The summed E-state index contributed by atoms with van der Waals surface area (Å²) < 4.78 is 8.58. The van der Waals surface area contributed by atoms with Crippen molar-refractivity contribution in [3.8, 4) is 0 Å². The van der Waals surface area contributed by atoms with Gasteiger partial charge >= 0.3 is 0 Å². The number of morpholine rings is 1. The third-order valence-electron chi connectivity index (χ3n) is 3.18. The van der Waals surface area contributed by atoms with E-state index >= 15 is 0 Å². The molecule has 0 amide bonds. The van der Waals surface area contributed by atoms with E-state index in [0.717, 1.165) is 37.1 Å². The predicted octanol–water partition coefficient (Wildman–Crippen LogP) is 2.50. The highest BCUT2D eigenvalue weighted by atomic mass is 35.5. The van der Waals surface area contributed by atoms with E-state index in [4.69, 9.17) is 16.3 Å². The van der Waals surface area contributed by atoms with Crippen LogP contribution in [-0.2, 0) is 17.8 Å². The Hall–Kier alpha value is -0.880. The Labute approximate surface area is 121 Å². The topological polar surface area (TPSA) is 30.3 Å². The fraction of sp³-hybridized carbons (Fsp3) is 0.462. The van der Waals surface area contributed by atoms with Gasteiger partial charge < -0.3 is 4.74 Å². The molecule has 19 heavy (non-hydrogen) atoms. The molecule has 1 aliphatic rings. The lowest BCUT2D eigenvalue weighted by Crippen LogP contribution is -2.43. The van der Waals surface area contributed by atoms with Crippen molar-refractivity contribution in [3.63, 3.8) is 0 Å². The molecule has 1 aliphatic heterocycles. The van der Waals surface area contributed by atoms with Gasteiger partial charge in [-0.2, -0.15) is 5.10 Å². The number of hydrogen-bond donors (Lipinski definition) is 0. The number of aromatic nitrogens is 2. The summed E-state index contributed by atoms with van der Waals surface area (Å²) in [7, 11) is 0. The number of ether oxygens (including phenoxy) is 1. The van der Waals surface area contributed by atoms with Crippen LogP contribution in [0.4, 0.5) is 0 Å². The third kappa shape index (κ3) is 3.57. The maximum absolute atomic E-state index is 5.97. The van der Waals surface area contributed by atoms with Crippen LogP contribution in [0.15, 0.2) is 30.6 Å². The molecular weight excluding hydrogens is 282 g/mol. The van der Waals surface area contributed by atoms with Gasteiger partial charge in [0, 0.05) is 36.9 Å². The fourth-order valence-corrected chi connectivity index (χ4v) is 3.44. The Morgan fingerprint density at radius 2 is 2.42 bits per heavy atom. The first-order chi connectivity index (χ1) is 9.29. The molecule has 6 heteroatoms. The zero-order chi connectivity index (χ0) is 13.1. The normalized spacial score (nSPS) is 20.8. The fourth-order valence-electron chi connectivity index (χ4n) is 2.31. The van der Waals surface area contributed by atoms with Crippen LogP contribution in [0.25, 0.3) is 0 Å². The van der Waals surface area contributed by atoms with Crippen molar-refractivity contribution >= 4 is 22.9 Å². The summed E-state index contributed by atoms with van der Waals surface area (Å²) >= 11 is 7.62. The van der Waals surface area contributed by atoms with Gasteiger partial charge in [0.25, 0.3) is 0 Å². The largest absolute Gasteiger partial charge is 0.374 e. The molecule has 0 N–H and O–H groups in total. The molecule has 0 spiro atoms. The van der Waals surface area contributed by atoms with E-state index in [-0.39, 0.29) is 6.10 Å². The van der Waals surface area contributed by atoms with E-state index in [1.807, 2.05) is 23.0 Å².